The van der Waals surface area contributed by atoms with Gasteiger partial charge in [-0.1, -0.05) is 12.1 Å². The van der Waals surface area contributed by atoms with Gasteiger partial charge in [0, 0.05) is 24.2 Å². The molecule has 4 rings (SSSR count). The Labute approximate surface area is 196 Å². The SMILES string of the molecule is COc1ccccc1C(=O)NCC(=O)N1C2CCC1CC([C@H](N)Cc1cc(F)c(F)cc1F)C2. The minimum absolute atomic E-state index is 0.0136. The summed E-state index contributed by atoms with van der Waals surface area (Å²) in [6, 6.07) is 7.73. The summed E-state index contributed by atoms with van der Waals surface area (Å²) < 4.78 is 46.0. The summed E-state index contributed by atoms with van der Waals surface area (Å²) >= 11 is 0. The zero-order valence-electron chi connectivity index (χ0n) is 18.9. The monoisotopic (exact) mass is 475 g/mol. The number of nitrogens with two attached hydrogens (primary N) is 1. The van der Waals surface area contributed by atoms with Crippen molar-refractivity contribution in [2.24, 2.45) is 11.7 Å². The van der Waals surface area contributed by atoms with Gasteiger partial charge in [0.25, 0.3) is 5.91 Å². The van der Waals surface area contributed by atoms with E-state index in [1.165, 1.54) is 7.11 Å². The highest BCUT2D eigenvalue weighted by Crippen LogP contribution is 2.40. The average molecular weight is 476 g/mol. The third-order valence-electron chi connectivity index (χ3n) is 6.96. The number of ether oxygens (including phenoxy) is 1. The van der Waals surface area contributed by atoms with E-state index in [0.717, 1.165) is 18.9 Å². The molecule has 0 saturated carbocycles. The molecule has 2 amide bonds. The van der Waals surface area contributed by atoms with Gasteiger partial charge in [-0.05, 0) is 61.8 Å². The number of para-hydroxylation sites is 1. The van der Waals surface area contributed by atoms with E-state index in [1.54, 1.807) is 24.3 Å². The lowest BCUT2D eigenvalue weighted by Crippen LogP contribution is -2.52. The molecule has 2 bridgehead atoms. The summed E-state index contributed by atoms with van der Waals surface area (Å²) in [5, 5.41) is 2.68. The van der Waals surface area contributed by atoms with Gasteiger partial charge >= 0.3 is 0 Å². The van der Waals surface area contributed by atoms with E-state index in [9.17, 15) is 22.8 Å². The van der Waals surface area contributed by atoms with Crippen LogP contribution in [0.4, 0.5) is 13.2 Å². The summed E-state index contributed by atoms with van der Waals surface area (Å²) in [6.45, 7) is -0.124. The van der Waals surface area contributed by atoms with Crippen LogP contribution >= 0.6 is 0 Å². The molecule has 2 fully saturated rings. The molecule has 3 N–H and O–H groups in total. The lowest BCUT2D eigenvalue weighted by Gasteiger charge is -2.41. The number of halogens is 3. The van der Waals surface area contributed by atoms with Crippen molar-refractivity contribution in [2.75, 3.05) is 13.7 Å². The number of hydrogen-bond donors (Lipinski definition) is 2. The fourth-order valence-corrected chi connectivity index (χ4v) is 5.29. The van der Waals surface area contributed by atoms with Crippen molar-refractivity contribution >= 4 is 11.8 Å². The first kappa shape index (κ1) is 24.1. The van der Waals surface area contributed by atoms with Crippen LogP contribution in [-0.2, 0) is 11.2 Å². The van der Waals surface area contributed by atoms with Gasteiger partial charge < -0.3 is 20.7 Å². The topological polar surface area (TPSA) is 84.7 Å². The predicted molar refractivity (Wildman–Crippen MR) is 120 cm³/mol. The molecule has 0 aliphatic carbocycles. The Morgan fingerprint density at radius 3 is 2.41 bits per heavy atom. The third-order valence-corrected chi connectivity index (χ3v) is 6.96. The van der Waals surface area contributed by atoms with E-state index in [1.807, 2.05) is 4.90 Å². The Morgan fingerprint density at radius 1 is 1.09 bits per heavy atom. The molecule has 0 aromatic heterocycles. The number of amides is 2. The first-order valence-electron chi connectivity index (χ1n) is 11.4. The molecule has 2 saturated heterocycles. The second-order valence-electron chi connectivity index (χ2n) is 9.03. The Kier molecular flexibility index (Phi) is 7.11. The largest absolute Gasteiger partial charge is 0.496 e. The highest BCUT2D eigenvalue weighted by molar-refractivity contribution is 5.98. The molecule has 6 nitrogen and oxygen atoms in total. The Morgan fingerprint density at radius 2 is 1.74 bits per heavy atom. The minimum atomic E-state index is -1.22. The standard InChI is InChI=1S/C25H28F3N3O3/c1-34-23-5-3-2-4-18(23)25(33)30-13-24(32)31-16-6-7-17(31)9-15(8-16)22(29)11-14-10-20(27)21(28)12-19(14)26/h2-5,10,12,15-17,22H,6-9,11,13,29H2,1H3,(H,30,33)/t15?,16?,17?,22-/m1/s1. The van der Waals surface area contributed by atoms with E-state index in [4.69, 9.17) is 10.5 Å². The molecule has 2 aromatic carbocycles. The van der Waals surface area contributed by atoms with Gasteiger partial charge in [0.1, 0.15) is 11.6 Å². The van der Waals surface area contributed by atoms with E-state index in [2.05, 4.69) is 5.32 Å². The highest BCUT2D eigenvalue weighted by Gasteiger charge is 2.44. The van der Waals surface area contributed by atoms with Crippen LogP contribution in [0.3, 0.4) is 0 Å². The third kappa shape index (κ3) is 4.89. The van der Waals surface area contributed by atoms with E-state index in [0.29, 0.717) is 30.2 Å². The number of methoxy groups -OCH3 is 1. The second-order valence-corrected chi connectivity index (χ2v) is 9.03. The Hall–Kier alpha value is -3.07. The normalized spacial score (nSPS) is 22.4. The van der Waals surface area contributed by atoms with Gasteiger partial charge in [-0.15, -0.1) is 0 Å². The van der Waals surface area contributed by atoms with Gasteiger partial charge in [0.2, 0.25) is 5.91 Å². The van der Waals surface area contributed by atoms with Crippen LogP contribution in [-0.4, -0.2) is 48.5 Å². The lowest BCUT2D eigenvalue weighted by molar-refractivity contribution is -0.135. The van der Waals surface area contributed by atoms with Crippen molar-refractivity contribution in [3.63, 3.8) is 0 Å². The van der Waals surface area contributed by atoms with Crippen molar-refractivity contribution in [3.8, 4) is 5.75 Å². The van der Waals surface area contributed by atoms with Crippen LogP contribution < -0.4 is 15.8 Å². The number of carbonyl (C=O) groups is 2. The summed E-state index contributed by atoms with van der Waals surface area (Å²) in [4.78, 5) is 27.3. The molecule has 0 radical (unpaired) electrons. The number of carbonyl (C=O) groups excluding carboxylic acids is 2. The number of rotatable bonds is 7. The smallest absolute Gasteiger partial charge is 0.255 e. The molecule has 0 spiro atoms. The van der Waals surface area contributed by atoms with Crippen LogP contribution in [0.1, 0.15) is 41.6 Å². The number of nitrogens with one attached hydrogen (secondary N) is 1. The van der Waals surface area contributed by atoms with Gasteiger partial charge in [-0.3, -0.25) is 9.59 Å². The van der Waals surface area contributed by atoms with Crippen LogP contribution in [0.2, 0.25) is 0 Å². The predicted octanol–water partition coefficient (Wildman–Crippen LogP) is 3.18. The number of hydrogen-bond acceptors (Lipinski definition) is 4. The number of nitrogens with zero attached hydrogens (tertiary/aromatic N) is 1. The summed E-state index contributed by atoms with van der Waals surface area (Å²) in [5.41, 5.74) is 6.75. The fourth-order valence-electron chi connectivity index (χ4n) is 5.29. The number of benzene rings is 2. The van der Waals surface area contributed by atoms with Gasteiger partial charge in [-0.25, -0.2) is 13.2 Å². The maximum atomic E-state index is 14.1. The molecule has 2 aliphatic heterocycles. The molecule has 2 aliphatic rings. The first-order chi connectivity index (χ1) is 16.3. The number of piperidine rings is 1. The fraction of sp³-hybridized carbons (Fsp3) is 0.440. The molecule has 2 unspecified atom stereocenters. The minimum Gasteiger partial charge on any atom is -0.496 e. The van der Waals surface area contributed by atoms with Crippen molar-refractivity contribution < 1.29 is 27.5 Å². The molecule has 34 heavy (non-hydrogen) atoms. The second kappa shape index (κ2) is 10.0. The zero-order chi connectivity index (χ0) is 24.4. The molecule has 3 atom stereocenters. The first-order valence-corrected chi connectivity index (χ1v) is 11.4. The summed E-state index contributed by atoms with van der Waals surface area (Å²) in [6.07, 6.45) is 3.06. The molecule has 182 valence electrons. The molecule has 2 heterocycles. The Bertz CT molecular complexity index is 1070. The lowest BCUT2D eigenvalue weighted by atomic mass is 9.82. The molecule has 9 heteroatoms. The van der Waals surface area contributed by atoms with E-state index in [-0.39, 0.29) is 48.3 Å². The van der Waals surface area contributed by atoms with Crippen LogP contribution in [0.5, 0.6) is 5.75 Å². The van der Waals surface area contributed by atoms with Gasteiger partial charge in [0.15, 0.2) is 11.6 Å². The van der Waals surface area contributed by atoms with Crippen molar-refractivity contribution in [2.45, 2.75) is 50.2 Å². The molecular formula is C25H28F3N3O3. The van der Waals surface area contributed by atoms with Crippen LogP contribution in [0, 0.1) is 23.4 Å². The Balaban J connectivity index is 1.35. The van der Waals surface area contributed by atoms with Crippen molar-refractivity contribution in [1.82, 2.24) is 10.2 Å². The van der Waals surface area contributed by atoms with Gasteiger partial charge in [-0.2, -0.15) is 0 Å². The molecule has 2 aromatic rings. The van der Waals surface area contributed by atoms with Crippen molar-refractivity contribution in [1.29, 1.82) is 0 Å². The average Bonchev–Trinajstić information content (AvgIpc) is 3.09. The van der Waals surface area contributed by atoms with Crippen LogP contribution in [0.25, 0.3) is 0 Å². The van der Waals surface area contributed by atoms with Crippen molar-refractivity contribution in [3.05, 3.63) is 65.0 Å². The van der Waals surface area contributed by atoms with Gasteiger partial charge in [0.05, 0.1) is 19.2 Å². The maximum Gasteiger partial charge on any atom is 0.255 e. The summed E-state index contributed by atoms with van der Waals surface area (Å²) in [7, 11) is 1.48. The zero-order valence-corrected chi connectivity index (χ0v) is 18.9. The quantitative estimate of drug-likeness (QED) is 0.603. The summed E-state index contributed by atoms with van der Waals surface area (Å²) in [5.74, 6) is -3.22. The number of fused-ring (bicyclic) bond motifs is 2. The van der Waals surface area contributed by atoms with E-state index < -0.39 is 23.5 Å². The van der Waals surface area contributed by atoms with Crippen LogP contribution in [0.15, 0.2) is 36.4 Å². The molecular weight excluding hydrogens is 447 g/mol. The maximum absolute atomic E-state index is 14.1. The van der Waals surface area contributed by atoms with E-state index >= 15 is 0 Å². The highest BCUT2D eigenvalue weighted by atomic mass is 19.2.